The van der Waals surface area contributed by atoms with Crippen LogP contribution in [0.3, 0.4) is 0 Å². The first-order chi connectivity index (χ1) is 12.2. The number of rotatable bonds is 5. The van der Waals surface area contributed by atoms with Gasteiger partial charge in [-0.1, -0.05) is 48.0 Å². The van der Waals surface area contributed by atoms with Gasteiger partial charge in [-0.2, -0.15) is 0 Å². The van der Waals surface area contributed by atoms with Crippen LogP contribution in [0.25, 0.3) is 0 Å². The van der Waals surface area contributed by atoms with E-state index in [9.17, 15) is 0 Å². The monoisotopic (exact) mass is 338 g/mol. The Morgan fingerprint density at radius 3 is 2.48 bits per heavy atom. The average Bonchev–Trinajstić information content (AvgIpc) is 2.66. The molecule has 0 amide bonds. The fourth-order valence-corrected chi connectivity index (χ4v) is 3.01. The van der Waals surface area contributed by atoms with E-state index in [4.69, 9.17) is 10.5 Å². The maximum Gasteiger partial charge on any atom is 0.193 e. The van der Waals surface area contributed by atoms with E-state index < -0.39 is 0 Å². The second kappa shape index (κ2) is 8.65. The largest absolute Gasteiger partial charge is 0.379 e. The SMILES string of the molecule is Cc1ccc(NC(N)=NCC(c2ccccc2)N2CCOCC2)cc1. The number of aryl methyl sites for hydroxylation is 1. The molecule has 0 spiro atoms. The van der Waals surface area contributed by atoms with Crippen molar-refractivity contribution in [3.8, 4) is 0 Å². The van der Waals surface area contributed by atoms with E-state index >= 15 is 0 Å². The van der Waals surface area contributed by atoms with Gasteiger partial charge in [-0.05, 0) is 24.6 Å². The highest BCUT2D eigenvalue weighted by Gasteiger charge is 2.22. The molecule has 1 heterocycles. The van der Waals surface area contributed by atoms with Gasteiger partial charge < -0.3 is 15.8 Å². The minimum absolute atomic E-state index is 0.212. The lowest BCUT2D eigenvalue weighted by Crippen LogP contribution is -2.40. The molecule has 1 aliphatic rings. The predicted molar refractivity (Wildman–Crippen MR) is 103 cm³/mol. The van der Waals surface area contributed by atoms with Crippen molar-refractivity contribution in [1.29, 1.82) is 0 Å². The zero-order valence-corrected chi connectivity index (χ0v) is 14.7. The van der Waals surface area contributed by atoms with Gasteiger partial charge in [0.05, 0.1) is 25.8 Å². The fraction of sp³-hybridized carbons (Fsp3) is 0.350. The first kappa shape index (κ1) is 17.5. The van der Waals surface area contributed by atoms with Crippen LogP contribution in [0.4, 0.5) is 5.69 Å². The van der Waals surface area contributed by atoms with E-state index in [-0.39, 0.29) is 6.04 Å². The van der Waals surface area contributed by atoms with Crippen LogP contribution >= 0.6 is 0 Å². The molecule has 25 heavy (non-hydrogen) atoms. The molecule has 1 fully saturated rings. The van der Waals surface area contributed by atoms with E-state index in [1.165, 1.54) is 11.1 Å². The van der Waals surface area contributed by atoms with Crippen molar-refractivity contribution in [3.63, 3.8) is 0 Å². The zero-order valence-electron chi connectivity index (χ0n) is 14.7. The number of nitrogens with two attached hydrogens (primary N) is 1. The number of hydrogen-bond acceptors (Lipinski definition) is 3. The number of guanidine groups is 1. The maximum absolute atomic E-state index is 6.10. The molecule has 2 aromatic carbocycles. The minimum Gasteiger partial charge on any atom is -0.379 e. The number of nitrogens with zero attached hydrogens (tertiary/aromatic N) is 2. The summed E-state index contributed by atoms with van der Waals surface area (Å²) in [6, 6.07) is 18.8. The fourth-order valence-electron chi connectivity index (χ4n) is 3.01. The van der Waals surface area contributed by atoms with Crippen LogP contribution in [0.2, 0.25) is 0 Å². The van der Waals surface area contributed by atoms with E-state index in [1.54, 1.807) is 0 Å². The van der Waals surface area contributed by atoms with E-state index in [2.05, 4.69) is 58.5 Å². The van der Waals surface area contributed by atoms with Gasteiger partial charge in [0.1, 0.15) is 0 Å². The summed E-state index contributed by atoms with van der Waals surface area (Å²) in [7, 11) is 0. The van der Waals surface area contributed by atoms with Gasteiger partial charge in [-0.15, -0.1) is 0 Å². The van der Waals surface area contributed by atoms with Crippen LogP contribution in [0.5, 0.6) is 0 Å². The van der Waals surface area contributed by atoms with Crippen molar-refractivity contribution in [2.24, 2.45) is 10.7 Å². The van der Waals surface area contributed by atoms with Crippen molar-refractivity contribution >= 4 is 11.6 Å². The van der Waals surface area contributed by atoms with Gasteiger partial charge >= 0.3 is 0 Å². The van der Waals surface area contributed by atoms with Crippen molar-refractivity contribution in [2.45, 2.75) is 13.0 Å². The Morgan fingerprint density at radius 1 is 1.12 bits per heavy atom. The standard InChI is InChI=1S/C20H26N4O/c1-16-7-9-18(10-8-16)23-20(21)22-15-19(17-5-3-2-4-6-17)24-11-13-25-14-12-24/h2-10,19H,11-15H2,1H3,(H3,21,22,23). The number of benzene rings is 2. The van der Waals surface area contributed by atoms with Crippen LogP contribution in [-0.4, -0.2) is 43.7 Å². The number of nitrogens with one attached hydrogen (secondary N) is 1. The van der Waals surface area contributed by atoms with Crippen molar-refractivity contribution < 1.29 is 4.74 Å². The summed E-state index contributed by atoms with van der Waals surface area (Å²) in [5.74, 6) is 0.443. The van der Waals surface area contributed by atoms with Crippen LogP contribution in [0.15, 0.2) is 59.6 Å². The van der Waals surface area contributed by atoms with Gasteiger partial charge in [-0.25, -0.2) is 0 Å². The Bertz CT molecular complexity index is 679. The van der Waals surface area contributed by atoms with Crippen LogP contribution in [-0.2, 0) is 4.74 Å². The Kier molecular flexibility index (Phi) is 6.04. The molecule has 1 unspecified atom stereocenters. The van der Waals surface area contributed by atoms with Crippen LogP contribution < -0.4 is 11.1 Å². The average molecular weight is 338 g/mol. The highest BCUT2D eigenvalue weighted by atomic mass is 16.5. The molecule has 132 valence electrons. The third kappa shape index (κ3) is 5.05. The van der Waals surface area contributed by atoms with Crippen LogP contribution in [0, 0.1) is 6.92 Å². The van der Waals surface area contributed by atoms with E-state index in [0.29, 0.717) is 12.5 Å². The molecule has 5 nitrogen and oxygen atoms in total. The summed E-state index contributed by atoms with van der Waals surface area (Å²) in [4.78, 5) is 7.01. The Hall–Kier alpha value is -2.37. The van der Waals surface area contributed by atoms with Crippen molar-refractivity contribution in [1.82, 2.24) is 4.90 Å². The quantitative estimate of drug-likeness (QED) is 0.650. The van der Waals surface area contributed by atoms with E-state index in [0.717, 1.165) is 32.0 Å². The molecule has 3 N–H and O–H groups in total. The van der Waals surface area contributed by atoms with E-state index in [1.807, 2.05) is 18.2 Å². The zero-order chi connectivity index (χ0) is 17.5. The molecule has 0 bridgehead atoms. The van der Waals surface area contributed by atoms with Gasteiger partial charge in [0, 0.05) is 18.8 Å². The Labute approximate surface area is 149 Å². The maximum atomic E-state index is 6.10. The van der Waals surface area contributed by atoms with Gasteiger partial charge in [0.2, 0.25) is 0 Å². The normalized spacial score (nSPS) is 17.2. The lowest BCUT2D eigenvalue weighted by atomic mass is 10.1. The lowest BCUT2D eigenvalue weighted by molar-refractivity contribution is 0.0180. The summed E-state index contributed by atoms with van der Waals surface area (Å²) in [5, 5.41) is 3.16. The molecule has 1 saturated heterocycles. The third-order valence-electron chi connectivity index (χ3n) is 4.43. The van der Waals surface area contributed by atoms with Crippen molar-refractivity contribution in [2.75, 3.05) is 38.2 Å². The summed E-state index contributed by atoms with van der Waals surface area (Å²) < 4.78 is 5.49. The second-order valence-electron chi connectivity index (χ2n) is 6.29. The lowest BCUT2D eigenvalue weighted by Gasteiger charge is -2.34. The highest BCUT2D eigenvalue weighted by molar-refractivity contribution is 5.92. The topological polar surface area (TPSA) is 62.9 Å². The first-order valence-electron chi connectivity index (χ1n) is 8.73. The second-order valence-corrected chi connectivity index (χ2v) is 6.29. The molecule has 5 heteroatoms. The predicted octanol–water partition coefficient (Wildman–Crippen LogP) is 2.80. The molecule has 0 radical (unpaired) electrons. The molecular weight excluding hydrogens is 312 g/mol. The molecule has 1 atom stereocenters. The number of ether oxygens (including phenoxy) is 1. The minimum atomic E-state index is 0.212. The summed E-state index contributed by atoms with van der Waals surface area (Å²) in [5.41, 5.74) is 9.53. The summed E-state index contributed by atoms with van der Waals surface area (Å²) in [6.45, 7) is 6.05. The molecule has 1 aliphatic heterocycles. The molecule has 3 rings (SSSR count). The van der Waals surface area contributed by atoms with Gasteiger partial charge in [-0.3, -0.25) is 9.89 Å². The molecule has 0 saturated carbocycles. The van der Waals surface area contributed by atoms with Crippen molar-refractivity contribution in [3.05, 3.63) is 65.7 Å². The Morgan fingerprint density at radius 2 is 1.80 bits per heavy atom. The molecule has 0 aliphatic carbocycles. The number of morpholine rings is 1. The molecular formula is C20H26N4O. The van der Waals surface area contributed by atoms with Gasteiger partial charge in [0.15, 0.2) is 5.96 Å². The molecule has 2 aromatic rings. The Balaban J connectivity index is 1.69. The number of anilines is 1. The first-order valence-corrected chi connectivity index (χ1v) is 8.73. The number of aliphatic imine (C=N–C) groups is 1. The highest BCUT2D eigenvalue weighted by Crippen LogP contribution is 2.22. The number of hydrogen-bond donors (Lipinski definition) is 2. The van der Waals surface area contributed by atoms with Crippen LogP contribution in [0.1, 0.15) is 17.2 Å². The molecule has 0 aromatic heterocycles. The van der Waals surface area contributed by atoms with Gasteiger partial charge in [0.25, 0.3) is 0 Å². The smallest absolute Gasteiger partial charge is 0.193 e. The summed E-state index contributed by atoms with van der Waals surface area (Å²) in [6.07, 6.45) is 0. The third-order valence-corrected chi connectivity index (χ3v) is 4.43. The summed E-state index contributed by atoms with van der Waals surface area (Å²) >= 11 is 0.